The van der Waals surface area contributed by atoms with Gasteiger partial charge in [0.1, 0.15) is 0 Å². The molecule has 82 valence electrons. The molecule has 0 fully saturated rings. The minimum Gasteiger partial charge on any atom is -0.354 e. The fourth-order valence-electron chi connectivity index (χ4n) is 1.51. The van der Waals surface area contributed by atoms with Crippen molar-refractivity contribution in [2.45, 2.75) is 13.0 Å². The van der Waals surface area contributed by atoms with Gasteiger partial charge in [-0.1, -0.05) is 30.3 Å². The molecule has 1 amide bonds. The van der Waals surface area contributed by atoms with Crippen LogP contribution >= 0.6 is 0 Å². The molecular weight excluding hydrogens is 188 g/mol. The summed E-state index contributed by atoms with van der Waals surface area (Å²) in [6, 6.07) is 10.4. The predicted octanol–water partition coefficient (Wildman–Crippen LogP) is 1.43. The number of hydrogen-bond acceptors (Lipinski definition) is 2. The second kappa shape index (κ2) is 5.51. The fraction of sp³-hybridized carbons (Fsp3) is 0.417. The molecule has 1 unspecified atom stereocenters. The zero-order valence-electron chi connectivity index (χ0n) is 9.53. The highest BCUT2D eigenvalue weighted by Gasteiger charge is 2.13. The molecule has 0 radical (unpaired) electrons. The van der Waals surface area contributed by atoms with E-state index in [1.165, 1.54) is 12.5 Å². The van der Waals surface area contributed by atoms with Gasteiger partial charge >= 0.3 is 0 Å². The minimum atomic E-state index is 0.0118. The van der Waals surface area contributed by atoms with E-state index in [0.717, 1.165) is 0 Å². The molecule has 1 aromatic rings. The maximum atomic E-state index is 10.9. The topological polar surface area (TPSA) is 32.3 Å². The summed E-state index contributed by atoms with van der Waals surface area (Å²) in [4.78, 5) is 13.0. The van der Waals surface area contributed by atoms with Gasteiger partial charge in [0.15, 0.2) is 0 Å². The highest BCUT2D eigenvalue weighted by Crippen LogP contribution is 2.16. The summed E-state index contributed by atoms with van der Waals surface area (Å²) in [5.41, 5.74) is 1.22. The summed E-state index contributed by atoms with van der Waals surface area (Å²) in [6.07, 6.45) is 0. The third-order valence-electron chi connectivity index (χ3n) is 2.35. The Hall–Kier alpha value is -1.35. The summed E-state index contributed by atoms with van der Waals surface area (Å²) in [6.45, 7) is 2.18. The Morgan fingerprint density at radius 1 is 1.33 bits per heavy atom. The van der Waals surface area contributed by atoms with Crippen LogP contribution in [-0.2, 0) is 4.79 Å². The number of rotatable bonds is 4. The first kappa shape index (κ1) is 11.7. The van der Waals surface area contributed by atoms with E-state index in [1.54, 1.807) is 0 Å². The Kier molecular flexibility index (Phi) is 4.31. The van der Waals surface area contributed by atoms with E-state index < -0.39 is 0 Å². The molecule has 1 rings (SSSR count). The fourth-order valence-corrected chi connectivity index (χ4v) is 1.51. The van der Waals surface area contributed by atoms with Crippen molar-refractivity contribution in [2.24, 2.45) is 0 Å². The Labute approximate surface area is 91.1 Å². The summed E-state index contributed by atoms with van der Waals surface area (Å²) < 4.78 is 0. The van der Waals surface area contributed by atoms with E-state index in [2.05, 4.69) is 22.3 Å². The highest BCUT2D eigenvalue weighted by molar-refractivity contribution is 5.72. The van der Waals surface area contributed by atoms with Gasteiger partial charge in [0.05, 0.1) is 6.04 Å². The van der Waals surface area contributed by atoms with E-state index in [4.69, 9.17) is 0 Å². The van der Waals surface area contributed by atoms with Crippen LogP contribution in [0.3, 0.4) is 0 Å². The zero-order valence-corrected chi connectivity index (χ0v) is 9.53. The van der Waals surface area contributed by atoms with E-state index in [9.17, 15) is 4.79 Å². The molecule has 3 nitrogen and oxygen atoms in total. The number of amides is 1. The predicted molar refractivity (Wildman–Crippen MR) is 61.6 cm³/mol. The lowest BCUT2D eigenvalue weighted by Crippen LogP contribution is -2.33. The van der Waals surface area contributed by atoms with Gasteiger partial charge in [-0.2, -0.15) is 0 Å². The van der Waals surface area contributed by atoms with Crippen molar-refractivity contribution in [2.75, 3.05) is 20.6 Å². The molecule has 0 spiro atoms. The monoisotopic (exact) mass is 206 g/mol. The van der Waals surface area contributed by atoms with Gasteiger partial charge in [0, 0.05) is 13.5 Å². The molecule has 15 heavy (non-hydrogen) atoms. The molecule has 1 atom stereocenters. The molecule has 3 heteroatoms. The maximum absolute atomic E-state index is 10.9. The largest absolute Gasteiger partial charge is 0.354 e. The summed E-state index contributed by atoms with van der Waals surface area (Å²) in [5, 5.41) is 2.84. The van der Waals surface area contributed by atoms with Gasteiger partial charge in [-0.05, 0) is 19.7 Å². The van der Waals surface area contributed by atoms with Gasteiger partial charge in [-0.25, -0.2) is 0 Å². The first-order chi connectivity index (χ1) is 7.11. The average Bonchev–Trinajstić information content (AvgIpc) is 2.18. The summed E-state index contributed by atoms with van der Waals surface area (Å²) in [5.74, 6) is 0.0118. The highest BCUT2D eigenvalue weighted by atomic mass is 16.1. The molecule has 1 N–H and O–H groups in total. The third-order valence-corrected chi connectivity index (χ3v) is 2.35. The van der Waals surface area contributed by atoms with Crippen LogP contribution in [-0.4, -0.2) is 31.4 Å². The number of hydrogen-bond donors (Lipinski definition) is 1. The number of carbonyl (C=O) groups excluding carboxylic acids is 1. The average molecular weight is 206 g/mol. The normalized spacial score (nSPS) is 12.5. The molecule has 0 aromatic heterocycles. The molecule has 0 aliphatic carbocycles. The lowest BCUT2D eigenvalue weighted by atomic mass is 10.1. The van der Waals surface area contributed by atoms with Gasteiger partial charge in [-0.15, -0.1) is 0 Å². The Bertz CT molecular complexity index is 309. The van der Waals surface area contributed by atoms with Crippen molar-refractivity contribution in [3.05, 3.63) is 35.9 Å². The number of nitrogens with one attached hydrogen (secondary N) is 1. The van der Waals surface area contributed by atoms with Crippen LogP contribution in [0.25, 0.3) is 0 Å². The summed E-state index contributed by atoms with van der Waals surface area (Å²) in [7, 11) is 4.03. The van der Waals surface area contributed by atoms with E-state index >= 15 is 0 Å². The Morgan fingerprint density at radius 2 is 1.93 bits per heavy atom. The van der Waals surface area contributed by atoms with Gasteiger partial charge in [0.2, 0.25) is 5.91 Å². The van der Waals surface area contributed by atoms with Gasteiger partial charge in [-0.3, -0.25) is 4.79 Å². The number of likely N-dealkylation sites (N-methyl/N-ethyl adjacent to an activating group) is 1. The second-order valence-electron chi connectivity index (χ2n) is 3.83. The van der Waals surface area contributed by atoms with Gasteiger partial charge in [0.25, 0.3) is 0 Å². The molecule has 0 bridgehead atoms. The first-order valence-electron chi connectivity index (χ1n) is 5.07. The molecule has 0 aliphatic heterocycles. The van der Waals surface area contributed by atoms with Crippen LogP contribution < -0.4 is 5.32 Å². The maximum Gasteiger partial charge on any atom is 0.216 e. The van der Waals surface area contributed by atoms with Gasteiger partial charge < -0.3 is 10.2 Å². The smallest absolute Gasteiger partial charge is 0.216 e. The third kappa shape index (κ3) is 3.72. The first-order valence-corrected chi connectivity index (χ1v) is 5.07. The zero-order chi connectivity index (χ0) is 11.3. The molecule has 0 saturated heterocycles. The lowest BCUT2D eigenvalue weighted by Gasteiger charge is -2.24. The van der Waals surface area contributed by atoms with E-state index in [0.29, 0.717) is 6.54 Å². The summed E-state index contributed by atoms with van der Waals surface area (Å²) >= 11 is 0. The minimum absolute atomic E-state index is 0.0118. The Morgan fingerprint density at radius 3 is 2.40 bits per heavy atom. The molecule has 0 heterocycles. The van der Waals surface area contributed by atoms with E-state index in [-0.39, 0.29) is 11.9 Å². The molecule has 0 aliphatic rings. The van der Waals surface area contributed by atoms with Crippen LogP contribution in [0.2, 0.25) is 0 Å². The Balaban J connectivity index is 2.70. The number of nitrogens with zero attached hydrogens (tertiary/aromatic N) is 1. The quantitative estimate of drug-likeness (QED) is 0.808. The number of carbonyl (C=O) groups is 1. The SMILES string of the molecule is CC(=O)NCC(c1ccccc1)N(C)C. The molecule has 0 saturated carbocycles. The van der Waals surface area contributed by atoms with Crippen molar-refractivity contribution < 1.29 is 4.79 Å². The van der Waals surface area contributed by atoms with Crippen molar-refractivity contribution in [3.63, 3.8) is 0 Å². The lowest BCUT2D eigenvalue weighted by molar-refractivity contribution is -0.119. The van der Waals surface area contributed by atoms with Crippen molar-refractivity contribution in [3.8, 4) is 0 Å². The number of benzene rings is 1. The van der Waals surface area contributed by atoms with Crippen LogP contribution in [0.5, 0.6) is 0 Å². The second-order valence-corrected chi connectivity index (χ2v) is 3.83. The van der Waals surface area contributed by atoms with Crippen LogP contribution in [0, 0.1) is 0 Å². The van der Waals surface area contributed by atoms with E-state index in [1.807, 2.05) is 32.3 Å². The van der Waals surface area contributed by atoms with Crippen molar-refractivity contribution >= 4 is 5.91 Å². The van der Waals surface area contributed by atoms with Crippen molar-refractivity contribution in [1.82, 2.24) is 10.2 Å². The van der Waals surface area contributed by atoms with Crippen LogP contribution in [0.15, 0.2) is 30.3 Å². The molecule has 1 aromatic carbocycles. The van der Waals surface area contributed by atoms with Crippen molar-refractivity contribution in [1.29, 1.82) is 0 Å². The van der Waals surface area contributed by atoms with Crippen LogP contribution in [0.1, 0.15) is 18.5 Å². The van der Waals surface area contributed by atoms with Crippen LogP contribution in [0.4, 0.5) is 0 Å². The standard InChI is InChI=1S/C12H18N2O/c1-10(15)13-9-12(14(2)3)11-7-5-4-6-8-11/h4-8,12H,9H2,1-3H3,(H,13,15). The molecular formula is C12H18N2O.